The summed E-state index contributed by atoms with van der Waals surface area (Å²) in [4.78, 5) is 14.2. The van der Waals surface area contributed by atoms with E-state index in [1.165, 1.54) is 11.1 Å². The quantitative estimate of drug-likeness (QED) is 0.803. The first kappa shape index (κ1) is 16.0. The van der Waals surface area contributed by atoms with Crippen molar-refractivity contribution in [2.45, 2.75) is 45.2 Å². The van der Waals surface area contributed by atoms with Gasteiger partial charge in [-0.3, -0.25) is 9.69 Å². The van der Waals surface area contributed by atoms with Gasteiger partial charge in [0.15, 0.2) is 0 Å². The second kappa shape index (κ2) is 7.05. The molecule has 1 amide bonds. The highest BCUT2D eigenvalue weighted by Gasteiger charge is 2.30. The summed E-state index contributed by atoms with van der Waals surface area (Å²) in [5.41, 5.74) is 7.84. The molecule has 0 saturated carbocycles. The predicted octanol–water partition coefficient (Wildman–Crippen LogP) is 1.68. The molecular formula is C17H27N3O. The van der Waals surface area contributed by atoms with Gasteiger partial charge in [0.05, 0.1) is 5.54 Å². The zero-order chi connectivity index (χ0) is 15.3. The molecule has 1 aromatic carbocycles. The molecule has 3 N–H and O–H groups in total. The first-order chi connectivity index (χ1) is 10.0. The number of nitrogens with zero attached hydrogens (tertiary/aromatic N) is 1. The maximum absolute atomic E-state index is 11.7. The Morgan fingerprint density at radius 3 is 2.76 bits per heavy atom. The SMILES string of the molecule is CCCNC(C)(CCN1CCc2ccccc2C1)C(N)=O. The highest BCUT2D eigenvalue weighted by molar-refractivity contribution is 5.84. The van der Waals surface area contributed by atoms with E-state index >= 15 is 0 Å². The minimum Gasteiger partial charge on any atom is -0.368 e. The maximum atomic E-state index is 11.7. The van der Waals surface area contributed by atoms with Crippen LogP contribution in [-0.2, 0) is 17.8 Å². The molecule has 4 heteroatoms. The van der Waals surface area contributed by atoms with E-state index < -0.39 is 5.54 Å². The fraction of sp³-hybridized carbons (Fsp3) is 0.588. The van der Waals surface area contributed by atoms with Gasteiger partial charge in [-0.1, -0.05) is 31.2 Å². The molecule has 4 nitrogen and oxygen atoms in total. The van der Waals surface area contributed by atoms with Gasteiger partial charge in [-0.25, -0.2) is 0 Å². The lowest BCUT2D eigenvalue weighted by atomic mass is 9.94. The molecule has 0 aromatic heterocycles. The topological polar surface area (TPSA) is 58.4 Å². The van der Waals surface area contributed by atoms with Crippen molar-refractivity contribution in [1.82, 2.24) is 10.2 Å². The molecule has 0 radical (unpaired) electrons. The molecular weight excluding hydrogens is 262 g/mol. The van der Waals surface area contributed by atoms with E-state index in [1.54, 1.807) is 0 Å². The molecule has 1 aromatic rings. The highest BCUT2D eigenvalue weighted by atomic mass is 16.1. The van der Waals surface area contributed by atoms with E-state index in [1.807, 2.05) is 6.92 Å². The number of rotatable bonds is 7. The number of hydrogen-bond donors (Lipinski definition) is 2. The molecule has 21 heavy (non-hydrogen) atoms. The first-order valence-electron chi connectivity index (χ1n) is 7.89. The summed E-state index contributed by atoms with van der Waals surface area (Å²) < 4.78 is 0. The average molecular weight is 289 g/mol. The number of carbonyl (C=O) groups excluding carboxylic acids is 1. The molecule has 0 fully saturated rings. The third-order valence-electron chi connectivity index (χ3n) is 4.45. The van der Waals surface area contributed by atoms with E-state index in [2.05, 4.69) is 41.4 Å². The van der Waals surface area contributed by atoms with Crippen LogP contribution in [0.15, 0.2) is 24.3 Å². The van der Waals surface area contributed by atoms with Crippen molar-refractivity contribution in [1.29, 1.82) is 0 Å². The summed E-state index contributed by atoms with van der Waals surface area (Å²) in [6.45, 7) is 7.75. The van der Waals surface area contributed by atoms with Crippen molar-refractivity contribution in [3.8, 4) is 0 Å². The average Bonchev–Trinajstić information content (AvgIpc) is 2.50. The summed E-state index contributed by atoms with van der Waals surface area (Å²) in [5.74, 6) is -0.256. The molecule has 0 aliphatic carbocycles. The zero-order valence-corrected chi connectivity index (χ0v) is 13.2. The summed E-state index contributed by atoms with van der Waals surface area (Å²) in [6.07, 6.45) is 2.84. The third-order valence-corrected chi connectivity index (χ3v) is 4.45. The molecule has 1 unspecified atom stereocenters. The maximum Gasteiger partial charge on any atom is 0.237 e. The second-order valence-electron chi connectivity index (χ2n) is 6.17. The number of nitrogens with two attached hydrogens (primary N) is 1. The summed E-state index contributed by atoms with van der Waals surface area (Å²) in [7, 11) is 0. The molecule has 1 heterocycles. The molecule has 1 aliphatic rings. The van der Waals surface area contributed by atoms with Crippen molar-refractivity contribution in [2.75, 3.05) is 19.6 Å². The molecule has 2 rings (SSSR count). The number of amides is 1. The number of fused-ring (bicyclic) bond motifs is 1. The van der Waals surface area contributed by atoms with Gasteiger partial charge in [-0.15, -0.1) is 0 Å². The fourth-order valence-corrected chi connectivity index (χ4v) is 2.83. The van der Waals surface area contributed by atoms with Crippen molar-refractivity contribution < 1.29 is 4.79 Å². The Labute approximate surface area is 127 Å². The van der Waals surface area contributed by atoms with Crippen LogP contribution >= 0.6 is 0 Å². The minimum absolute atomic E-state index is 0.256. The van der Waals surface area contributed by atoms with Gasteiger partial charge in [0.2, 0.25) is 5.91 Å². The van der Waals surface area contributed by atoms with Crippen molar-refractivity contribution in [3.05, 3.63) is 35.4 Å². The lowest BCUT2D eigenvalue weighted by Crippen LogP contribution is -2.55. The highest BCUT2D eigenvalue weighted by Crippen LogP contribution is 2.20. The lowest BCUT2D eigenvalue weighted by molar-refractivity contribution is -0.124. The summed E-state index contributed by atoms with van der Waals surface area (Å²) in [5, 5.41) is 3.30. The molecule has 0 saturated heterocycles. The van der Waals surface area contributed by atoms with E-state index in [0.717, 1.165) is 45.4 Å². The molecule has 116 valence electrons. The summed E-state index contributed by atoms with van der Waals surface area (Å²) >= 11 is 0. The standard InChI is InChI=1S/C17H27N3O/c1-3-10-19-17(2,16(18)21)9-12-20-11-8-14-6-4-5-7-15(14)13-20/h4-7,19H,3,8-13H2,1-2H3,(H2,18,21). The molecule has 0 bridgehead atoms. The lowest BCUT2D eigenvalue weighted by Gasteiger charge is -2.33. The van der Waals surface area contributed by atoms with Crippen LogP contribution in [0.25, 0.3) is 0 Å². The van der Waals surface area contributed by atoms with Gasteiger partial charge in [-0.2, -0.15) is 0 Å². The predicted molar refractivity (Wildman–Crippen MR) is 85.9 cm³/mol. The van der Waals surface area contributed by atoms with Crippen LogP contribution < -0.4 is 11.1 Å². The fourth-order valence-electron chi connectivity index (χ4n) is 2.83. The van der Waals surface area contributed by atoms with Crippen LogP contribution in [0.4, 0.5) is 0 Å². The number of benzene rings is 1. The number of hydrogen-bond acceptors (Lipinski definition) is 3. The smallest absolute Gasteiger partial charge is 0.237 e. The van der Waals surface area contributed by atoms with Crippen molar-refractivity contribution in [2.24, 2.45) is 5.73 Å². The zero-order valence-electron chi connectivity index (χ0n) is 13.2. The van der Waals surface area contributed by atoms with Gasteiger partial charge in [0.25, 0.3) is 0 Å². The second-order valence-corrected chi connectivity index (χ2v) is 6.17. The van der Waals surface area contributed by atoms with Gasteiger partial charge in [0, 0.05) is 19.6 Å². The van der Waals surface area contributed by atoms with Crippen LogP contribution in [0, 0.1) is 0 Å². The normalized spacial score (nSPS) is 18.0. The Kier molecular flexibility index (Phi) is 5.37. The van der Waals surface area contributed by atoms with Crippen LogP contribution in [0.2, 0.25) is 0 Å². The molecule has 1 atom stereocenters. The van der Waals surface area contributed by atoms with E-state index in [9.17, 15) is 4.79 Å². The third kappa shape index (κ3) is 4.05. The Hall–Kier alpha value is -1.39. The number of nitrogens with one attached hydrogen (secondary N) is 1. The first-order valence-corrected chi connectivity index (χ1v) is 7.89. The summed E-state index contributed by atoms with van der Waals surface area (Å²) in [6, 6.07) is 8.61. The van der Waals surface area contributed by atoms with Crippen LogP contribution in [0.1, 0.15) is 37.8 Å². The van der Waals surface area contributed by atoms with Gasteiger partial charge in [-0.05, 0) is 43.9 Å². The van der Waals surface area contributed by atoms with Gasteiger partial charge >= 0.3 is 0 Å². The van der Waals surface area contributed by atoms with E-state index in [4.69, 9.17) is 5.73 Å². The minimum atomic E-state index is -0.604. The monoisotopic (exact) mass is 289 g/mol. The van der Waals surface area contributed by atoms with Crippen LogP contribution in [0.5, 0.6) is 0 Å². The van der Waals surface area contributed by atoms with Crippen molar-refractivity contribution in [3.63, 3.8) is 0 Å². The number of primary amides is 1. The Bertz CT molecular complexity index is 489. The van der Waals surface area contributed by atoms with Crippen LogP contribution in [0.3, 0.4) is 0 Å². The van der Waals surface area contributed by atoms with Gasteiger partial charge in [0.1, 0.15) is 0 Å². The van der Waals surface area contributed by atoms with E-state index in [0.29, 0.717) is 0 Å². The number of carbonyl (C=O) groups is 1. The van der Waals surface area contributed by atoms with Crippen molar-refractivity contribution >= 4 is 5.91 Å². The van der Waals surface area contributed by atoms with E-state index in [-0.39, 0.29) is 5.91 Å². The largest absolute Gasteiger partial charge is 0.368 e. The van der Waals surface area contributed by atoms with Gasteiger partial charge < -0.3 is 11.1 Å². The molecule has 0 spiro atoms. The Balaban J connectivity index is 1.92. The Morgan fingerprint density at radius 1 is 1.38 bits per heavy atom. The Morgan fingerprint density at radius 2 is 2.10 bits per heavy atom. The molecule has 1 aliphatic heterocycles. The van der Waals surface area contributed by atoms with Crippen LogP contribution in [-0.4, -0.2) is 36.0 Å².